The zero-order chi connectivity index (χ0) is 17.0. The van der Waals surface area contributed by atoms with Gasteiger partial charge in [0.05, 0.1) is 6.04 Å². The Balaban J connectivity index is 1.73. The summed E-state index contributed by atoms with van der Waals surface area (Å²) >= 11 is 0. The van der Waals surface area contributed by atoms with Crippen molar-refractivity contribution in [2.24, 2.45) is 0 Å². The maximum Gasteiger partial charge on any atom is 0.0513 e. The number of nitrogens with zero attached hydrogens (tertiary/aromatic N) is 1. The quantitative estimate of drug-likeness (QED) is 0.588. The molecule has 130 valence electrons. The Hall–Kier alpha value is -1.54. The average Bonchev–Trinajstić information content (AvgIpc) is 2.59. The second-order valence-corrected chi connectivity index (χ2v) is 7.66. The van der Waals surface area contributed by atoms with Crippen LogP contribution in [0.1, 0.15) is 62.6 Å². The highest BCUT2D eigenvalue weighted by Gasteiger charge is 2.41. The van der Waals surface area contributed by atoms with E-state index in [9.17, 15) is 0 Å². The van der Waals surface area contributed by atoms with Gasteiger partial charge in [0.15, 0.2) is 0 Å². The van der Waals surface area contributed by atoms with Crippen LogP contribution in [-0.4, -0.2) is 24.5 Å². The highest BCUT2D eigenvalue weighted by molar-refractivity contribution is 5.40. The van der Waals surface area contributed by atoms with Crippen LogP contribution in [0.25, 0.3) is 0 Å². The van der Waals surface area contributed by atoms with Crippen LogP contribution in [0.2, 0.25) is 0 Å². The summed E-state index contributed by atoms with van der Waals surface area (Å²) in [5.74, 6) is 0. The predicted molar refractivity (Wildman–Crippen MR) is 103 cm³/mol. The van der Waals surface area contributed by atoms with E-state index < -0.39 is 0 Å². The van der Waals surface area contributed by atoms with Gasteiger partial charge in [-0.1, -0.05) is 36.9 Å². The fourth-order valence-corrected chi connectivity index (χ4v) is 4.63. The Morgan fingerprint density at radius 2 is 2.04 bits per heavy atom. The number of unbranched alkanes of at least 4 members (excludes halogenated alkanes) is 1. The minimum absolute atomic E-state index is 0.402. The number of hydrogen-bond donors (Lipinski definition) is 1. The Labute approximate surface area is 147 Å². The first-order chi connectivity index (χ1) is 11.6. The lowest BCUT2D eigenvalue weighted by Gasteiger charge is -2.47. The van der Waals surface area contributed by atoms with E-state index in [-0.39, 0.29) is 0 Å². The lowest BCUT2D eigenvalue weighted by Crippen LogP contribution is -2.45. The second-order valence-electron chi connectivity index (χ2n) is 7.66. The number of nitrogens with one attached hydrogen (secondary N) is 1. The summed E-state index contributed by atoms with van der Waals surface area (Å²) in [6.45, 7) is 13.7. The molecule has 1 fully saturated rings. The molecule has 1 aliphatic carbocycles. The van der Waals surface area contributed by atoms with Gasteiger partial charge in [0.25, 0.3) is 0 Å². The summed E-state index contributed by atoms with van der Waals surface area (Å²) in [7, 11) is 0. The summed E-state index contributed by atoms with van der Waals surface area (Å²) in [5, 5.41) is 3.59. The molecule has 1 saturated heterocycles. The molecule has 1 aromatic rings. The van der Waals surface area contributed by atoms with E-state index in [0.717, 1.165) is 12.1 Å². The van der Waals surface area contributed by atoms with Crippen molar-refractivity contribution in [2.75, 3.05) is 19.6 Å². The molecule has 3 rings (SSSR count). The highest BCUT2D eigenvalue weighted by Crippen LogP contribution is 2.48. The van der Waals surface area contributed by atoms with Gasteiger partial charge in [-0.05, 0) is 81.6 Å². The molecule has 2 aliphatic rings. The SMILES string of the molecule is C=CCCCN1CCC2(CCC(NC(=C)C)c3ccccc32)CC1. The standard InChI is InChI=1S/C22H32N2/c1-4-5-8-15-24-16-13-22(14-17-24)12-11-21(23-18(2)3)19-9-6-7-10-20(19)22/h4,6-7,9-10,21,23H,1-2,5,8,11-17H2,3H3. The number of rotatable bonds is 6. The Bertz CT molecular complexity index is 581. The molecule has 2 heteroatoms. The molecule has 2 nitrogen and oxygen atoms in total. The van der Waals surface area contributed by atoms with Crippen molar-refractivity contribution < 1.29 is 0 Å². The van der Waals surface area contributed by atoms with Gasteiger partial charge in [-0.15, -0.1) is 6.58 Å². The normalized spacial score (nSPS) is 22.8. The number of hydrogen-bond acceptors (Lipinski definition) is 2. The van der Waals surface area contributed by atoms with Crippen LogP contribution >= 0.6 is 0 Å². The van der Waals surface area contributed by atoms with Crippen LogP contribution in [-0.2, 0) is 5.41 Å². The third-order valence-electron chi connectivity index (χ3n) is 5.94. The average molecular weight is 325 g/mol. The molecule has 1 aliphatic heterocycles. The number of fused-ring (bicyclic) bond motifs is 2. The Morgan fingerprint density at radius 3 is 2.75 bits per heavy atom. The summed E-state index contributed by atoms with van der Waals surface area (Å²) in [4.78, 5) is 2.65. The third-order valence-corrected chi connectivity index (χ3v) is 5.94. The first kappa shape index (κ1) is 17.3. The van der Waals surface area contributed by atoms with E-state index in [0.29, 0.717) is 11.5 Å². The van der Waals surface area contributed by atoms with Crippen molar-refractivity contribution in [3.63, 3.8) is 0 Å². The molecule has 1 unspecified atom stereocenters. The highest BCUT2D eigenvalue weighted by atomic mass is 15.1. The largest absolute Gasteiger partial charge is 0.382 e. The molecule has 1 heterocycles. The lowest BCUT2D eigenvalue weighted by atomic mass is 9.63. The smallest absolute Gasteiger partial charge is 0.0513 e. The first-order valence-electron chi connectivity index (χ1n) is 9.49. The molecule has 1 aromatic carbocycles. The van der Waals surface area contributed by atoms with Gasteiger partial charge in [0.1, 0.15) is 0 Å². The molecule has 1 spiro atoms. The van der Waals surface area contributed by atoms with Crippen molar-refractivity contribution >= 4 is 0 Å². The van der Waals surface area contributed by atoms with Gasteiger partial charge in [0, 0.05) is 5.70 Å². The molecule has 24 heavy (non-hydrogen) atoms. The van der Waals surface area contributed by atoms with Crippen LogP contribution in [0.3, 0.4) is 0 Å². The first-order valence-corrected chi connectivity index (χ1v) is 9.49. The van der Waals surface area contributed by atoms with E-state index in [2.05, 4.69) is 54.6 Å². The topological polar surface area (TPSA) is 15.3 Å². The van der Waals surface area contributed by atoms with E-state index >= 15 is 0 Å². The summed E-state index contributed by atoms with van der Waals surface area (Å²) in [5.41, 5.74) is 4.58. The van der Waals surface area contributed by atoms with Gasteiger partial charge in [-0.3, -0.25) is 0 Å². The van der Waals surface area contributed by atoms with Crippen molar-refractivity contribution in [1.29, 1.82) is 0 Å². The molecule has 0 radical (unpaired) electrons. The van der Waals surface area contributed by atoms with Crippen molar-refractivity contribution in [3.8, 4) is 0 Å². The van der Waals surface area contributed by atoms with Crippen LogP contribution in [0.5, 0.6) is 0 Å². The summed E-state index contributed by atoms with van der Waals surface area (Å²) < 4.78 is 0. The maximum absolute atomic E-state index is 4.05. The zero-order valence-electron chi connectivity index (χ0n) is 15.2. The number of piperidine rings is 1. The van der Waals surface area contributed by atoms with Gasteiger partial charge in [0.2, 0.25) is 0 Å². The molecule has 0 aromatic heterocycles. The van der Waals surface area contributed by atoms with Crippen LogP contribution in [0.4, 0.5) is 0 Å². The van der Waals surface area contributed by atoms with E-state index in [1.165, 1.54) is 57.3 Å². The predicted octanol–water partition coefficient (Wildman–Crippen LogP) is 4.94. The molecule has 0 saturated carbocycles. The number of allylic oxidation sites excluding steroid dienone is 2. The van der Waals surface area contributed by atoms with Crippen molar-refractivity contribution in [2.45, 2.75) is 56.9 Å². The minimum Gasteiger partial charge on any atom is -0.382 e. The maximum atomic E-state index is 4.05. The summed E-state index contributed by atoms with van der Waals surface area (Å²) in [6.07, 6.45) is 9.56. The number of benzene rings is 1. The van der Waals surface area contributed by atoms with Crippen LogP contribution < -0.4 is 5.32 Å². The summed E-state index contributed by atoms with van der Waals surface area (Å²) in [6, 6.07) is 9.56. The Morgan fingerprint density at radius 1 is 1.29 bits per heavy atom. The molecule has 1 atom stereocenters. The van der Waals surface area contributed by atoms with Crippen molar-refractivity contribution in [3.05, 3.63) is 60.3 Å². The van der Waals surface area contributed by atoms with Crippen molar-refractivity contribution in [1.82, 2.24) is 10.2 Å². The molecular formula is C22H32N2. The monoisotopic (exact) mass is 324 g/mol. The fraction of sp³-hybridized carbons (Fsp3) is 0.545. The Kier molecular flexibility index (Phi) is 5.45. The third kappa shape index (κ3) is 3.59. The van der Waals surface area contributed by atoms with Crippen LogP contribution in [0, 0.1) is 0 Å². The van der Waals surface area contributed by atoms with E-state index in [1.807, 2.05) is 6.08 Å². The van der Waals surface area contributed by atoms with Gasteiger partial charge >= 0.3 is 0 Å². The lowest BCUT2D eigenvalue weighted by molar-refractivity contribution is 0.139. The van der Waals surface area contributed by atoms with Crippen LogP contribution in [0.15, 0.2) is 49.2 Å². The second kappa shape index (κ2) is 7.57. The number of likely N-dealkylation sites (tertiary alicyclic amines) is 1. The van der Waals surface area contributed by atoms with Gasteiger partial charge < -0.3 is 10.2 Å². The molecular weight excluding hydrogens is 292 g/mol. The zero-order valence-corrected chi connectivity index (χ0v) is 15.2. The molecule has 1 N–H and O–H groups in total. The van der Waals surface area contributed by atoms with Gasteiger partial charge in [-0.2, -0.15) is 0 Å². The van der Waals surface area contributed by atoms with Gasteiger partial charge in [-0.25, -0.2) is 0 Å². The molecule has 0 amide bonds. The molecule has 0 bridgehead atoms. The fourth-order valence-electron chi connectivity index (χ4n) is 4.63. The van der Waals surface area contributed by atoms with E-state index in [1.54, 1.807) is 5.56 Å². The van der Waals surface area contributed by atoms with E-state index in [4.69, 9.17) is 0 Å². The minimum atomic E-state index is 0.402.